The van der Waals surface area contributed by atoms with Crippen molar-refractivity contribution in [1.29, 1.82) is 0 Å². The van der Waals surface area contributed by atoms with Gasteiger partial charge in [0, 0.05) is 56.4 Å². The van der Waals surface area contributed by atoms with Gasteiger partial charge in [0.15, 0.2) is 5.82 Å². The first-order valence-electron chi connectivity index (χ1n) is 13.6. The zero-order chi connectivity index (χ0) is 27.3. The van der Waals surface area contributed by atoms with Crippen LogP contribution in [0.5, 0.6) is 0 Å². The van der Waals surface area contributed by atoms with E-state index in [1.807, 2.05) is 44.5 Å². The molecule has 39 heavy (non-hydrogen) atoms. The number of aromatic nitrogens is 2. The Hall–Kier alpha value is -3.01. The highest BCUT2D eigenvalue weighted by Crippen LogP contribution is 2.42. The van der Waals surface area contributed by atoms with Crippen LogP contribution in [-0.4, -0.2) is 63.0 Å². The Morgan fingerprint density at radius 1 is 0.949 bits per heavy atom. The van der Waals surface area contributed by atoms with Crippen LogP contribution in [0.15, 0.2) is 53.4 Å². The van der Waals surface area contributed by atoms with Gasteiger partial charge in [-0.05, 0) is 74.1 Å². The van der Waals surface area contributed by atoms with Gasteiger partial charge in [0.1, 0.15) is 10.6 Å². The average Bonchev–Trinajstić information content (AvgIpc) is 3.30. The third-order valence-electron chi connectivity index (χ3n) is 7.97. The van der Waals surface area contributed by atoms with Crippen molar-refractivity contribution in [3.8, 4) is 11.4 Å². The Kier molecular flexibility index (Phi) is 6.85. The third kappa shape index (κ3) is 4.92. The number of aryl methyl sites for hydroxylation is 2. The standard InChI is InChI=1S/C30H35N5O2S2/c1-20-5-12-24(13-6-20)39(36,37)35-17-15-34(16-18-35)29-27-25-14-7-21(2)19-26(25)38-30(27)32-28(31-29)22-8-10-23(11-9-22)33(3)4/h5-6,8-13,21H,7,14-19H2,1-4H3/t21-/m1/s1. The Morgan fingerprint density at radius 2 is 1.64 bits per heavy atom. The molecule has 9 heteroatoms. The van der Waals surface area contributed by atoms with Crippen LogP contribution < -0.4 is 9.80 Å². The molecule has 0 spiro atoms. The smallest absolute Gasteiger partial charge is 0.243 e. The fourth-order valence-corrected chi connectivity index (χ4v) is 8.39. The number of piperazine rings is 1. The molecule has 0 radical (unpaired) electrons. The Balaban J connectivity index is 1.36. The maximum absolute atomic E-state index is 13.3. The quantitative estimate of drug-likeness (QED) is 0.326. The van der Waals surface area contributed by atoms with Crippen LogP contribution in [0.2, 0.25) is 0 Å². The zero-order valence-corrected chi connectivity index (χ0v) is 24.6. The van der Waals surface area contributed by atoms with Crippen molar-refractivity contribution in [1.82, 2.24) is 14.3 Å². The van der Waals surface area contributed by atoms with Gasteiger partial charge in [0.05, 0.1) is 10.3 Å². The summed E-state index contributed by atoms with van der Waals surface area (Å²) in [6.07, 6.45) is 3.31. The highest BCUT2D eigenvalue weighted by molar-refractivity contribution is 7.89. The molecule has 7 nitrogen and oxygen atoms in total. The predicted octanol–water partition coefficient (Wildman–Crippen LogP) is 5.37. The SMILES string of the molecule is Cc1ccc(S(=O)(=O)N2CCN(c3nc(-c4ccc(N(C)C)cc4)nc4sc5c(c34)CC[C@@H](C)C5)CC2)cc1. The van der Waals surface area contributed by atoms with Crippen LogP contribution in [0, 0.1) is 12.8 Å². The molecule has 2 aromatic carbocycles. The molecule has 1 aliphatic carbocycles. The first-order valence-corrected chi connectivity index (χ1v) is 15.9. The van der Waals surface area contributed by atoms with Gasteiger partial charge in [-0.3, -0.25) is 0 Å². The number of hydrogen-bond donors (Lipinski definition) is 0. The number of benzene rings is 2. The van der Waals surface area contributed by atoms with E-state index in [9.17, 15) is 8.42 Å². The fraction of sp³-hybridized carbons (Fsp3) is 0.400. The van der Waals surface area contributed by atoms with Gasteiger partial charge >= 0.3 is 0 Å². The molecule has 1 atom stereocenters. The largest absolute Gasteiger partial charge is 0.378 e. The van der Waals surface area contributed by atoms with Gasteiger partial charge in [0.25, 0.3) is 0 Å². The summed E-state index contributed by atoms with van der Waals surface area (Å²) in [7, 11) is 0.540. The zero-order valence-electron chi connectivity index (χ0n) is 23.0. The molecular weight excluding hydrogens is 526 g/mol. The van der Waals surface area contributed by atoms with E-state index in [-0.39, 0.29) is 0 Å². The molecule has 0 saturated carbocycles. The highest BCUT2D eigenvalue weighted by atomic mass is 32.2. The number of hydrogen-bond acceptors (Lipinski definition) is 7. The molecule has 2 aliphatic rings. The van der Waals surface area contributed by atoms with Crippen molar-refractivity contribution in [3.63, 3.8) is 0 Å². The van der Waals surface area contributed by atoms with Gasteiger partial charge in [-0.25, -0.2) is 18.4 Å². The van der Waals surface area contributed by atoms with Gasteiger partial charge in [-0.1, -0.05) is 24.6 Å². The van der Waals surface area contributed by atoms with Crippen molar-refractivity contribution in [2.24, 2.45) is 5.92 Å². The second kappa shape index (κ2) is 10.2. The van der Waals surface area contributed by atoms with Crippen LogP contribution in [0.4, 0.5) is 11.5 Å². The summed E-state index contributed by atoms with van der Waals surface area (Å²) >= 11 is 1.81. The normalized spacial score (nSPS) is 18.4. The lowest BCUT2D eigenvalue weighted by Crippen LogP contribution is -2.49. The summed E-state index contributed by atoms with van der Waals surface area (Å²) in [5, 5.41) is 1.17. The van der Waals surface area contributed by atoms with E-state index in [0.29, 0.717) is 37.0 Å². The summed E-state index contributed by atoms with van der Waals surface area (Å²) in [6, 6.07) is 15.5. The topological polar surface area (TPSA) is 69.6 Å². The van der Waals surface area contributed by atoms with Gasteiger partial charge in [-0.15, -0.1) is 11.3 Å². The first kappa shape index (κ1) is 26.2. The third-order valence-corrected chi connectivity index (χ3v) is 11.0. The molecular formula is C30H35N5O2S2. The van der Waals surface area contributed by atoms with Crippen molar-refractivity contribution in [3.05, 3.63) is 64.5 Å². The molecule has 3 heterocycles. The summed E-state index contributed by atoms with van der Waals surface area (Å²) in [5.41, 5.74) is 4.56. The van der Waals surface area contributed by atoms with E-state index in [2.05, 4.69) is 41.0 Å². The number of thiophene rings is 1. The Bertz CT molecular complexity index is 1600. The number of nitrogens with zero attached hydrogens (tertiary/aromatic N) is 5. The van der Waals surface area contributed by atoms with E-state index in [1.165, 1.54) is 22.2 Å². The van der Waals surface area contributed by atoms with Crippen molar-refractivity contribution in [2.75, 3.05) is 50.1 Å². The second-order valence-corrected chi connectivity index (χ2v) is 14.1. The van der Waals surface area contributed by atoms with Gasteiger partial charge in [-0.2, -0.15) is 4.31 Å². The number of rotatable bonds is 5. The minimum Gasteiger partial charge on any atom is -0.378 e. The first-order chi connectivity index (χ1) is 18.7. The second-order valence-electron chi connectivity index (χ2n) is 11.0. The molecule has 4 aromatic rings. The maximum Gasteiger partial charge on any atom is 0.243 e. The summed E-state index contributed by atoms with van der Waals surface area (Å²) in [6.45, 7) is 6.34. The van der Waals surface area contributed by atoms with Crippen LogP contribution in [-0.2, 0) is 22.9 Å². The van der Waals surface area contributed by atoms with Crippen LogP contribution in [0.25, 0.3) is 21.6 Å². The van der Waals surface area contributed by atoms with Crippen molar-refractivity contribution in [2.45, 2.75) is 38.0 Å². The minimum atomic E-state index is -3.53. The number of fused-ring (bicyclic) bond motifs is 3. The number of sulfonamides is 1. The molecule has 0 N–H and O–H groups in total. The monoisotopic (exact) mass is 561 g/mol. The van der Waals surface area contributed by atoms with E-state index in [4.69, 9.17) is 9.97 Å². The molecule has 0 bridgehead atoms. The van der Waals surface area contributed by atoms with Crippen LogP contribution >= 0.6 is 11.3 Å². The van der Waals surface area contributed by atoms with Crippen molar-refractivity contribution < 1.29 is 8.42 Å². The van der Waals surface area contributed by atoms with Crippen LogP contribution in [0.3, 0.4) is 0 Å². The minimum absolute atomic E-state index is 0.357. The van der Waals surface area contributed by atoms with E-state index < -0.39 is 10.0 Å². The Morgan fingerprint density at radius 3 is 2.31 bits per heavy atom. The lowest BCUT2D eigenvalue weighted by molar-refractivity contribution is 0.384. The predicted molar refractivity (Wildman–Crippen MR) is 161 cm³/mol. The molecule has 0 unspecified atom stereocenters. The number of anilines is 2. The summed E-state index contributed by atoms with van der Waals surface area (Å²) < 4.78 is 28.3. The van der Waals surface area contributed by atoms with E-state index in [1.54, 1.807) is 16.4 Å². The molecule has 6 rings (SSSR count). The molecule has 1 aliphatic heterocycles. The Labute approximate surface area is 235 Å². The van der Waals surface area contributed by atoms with Crippen molar-refractivity contribution >= 4 is 43.1 Å². The van der Waals surface area contributed by atoms with E-state index >= 15 is 0 Å². The summed E-state index contributed by atoms with van der Waals surface area (Å²) in [4.78, 5) is 17.4. The molecule has 204 valence electrons. The molecule has 2 aromatic heterocycles. The summed E-state index contributed by atoms with van der Waals surface area (Å²) in [5.74, 6) is 2.35. The lowest BCUT2D eigenvalue weighted by atomic mass is 9.89. The van der Waals surface area contributed by atoms with E-state index in [0.717, 1.165) is 46.1 Å². The lowest BCUT2D eigenvalue weighted by Gasteiger charge is -2.35. The maximum atomic E-state index is 13.3. The molecule has 1 fully saturated rings. The van der Waals surface area contributed by atoms with Crippen LogP contribution in [0.1, 0.15) is 29.3 Å². The molecule has 0 amide bonds. The fourth-order valence-electron chi connectivity index (χ4n) is 5.59. The van der Waals surface area contributed by atoms with Gasteiger partial charge in [0.2, 0.25) is 10.0 Å². The average molecular weight is 562 g/mol. The molecule has 1 saturated heterocycles. The highest BCUT2D eigenvalue weighted by Gasteiger charge is 2.32. The van der Waals surface area contributed by atoms with Gasteiger partial charge < -0.3 is 9.80 Å².